The van der Waals surface area contributed by atoms with E-state index in [-0.39, 0.29) is 17.8 Å². The van der Waals surface area contributed by atoms with Gasteiger partial charge in [-0.1, -0.05) is 26.0 Å². The molecule has 0 aliphatic carbocycles. The van der Waals surface area contributed by atoms with Crippen molar-refractivity contribution in [2.75, 3.05) is 14.1 Å². The Morgan fingerprint density at radius 1 is 1.32 bits per heavy atom. The van der Waals surface area contributed by atoms with Gasteiger partial charge in [-0.25, -0.2) is 4.39 Å². The first-order valence-electron chi connectivity index (χ1n) is 6.71. The van der Waals surface area contributed by atoms with Crippen LogP contribution in [0.4, 0.5) is 4.39 Å². The molecule has 0 fully saturated rings. The van der Waals surface area contributed by atoms with Gasteiger partial charge in [0.25, 0.3) is 0 Å². The Balaban J connectivity index is 2.92. The third-order valence-corrected chi connectivity index (χ3v) is 3.26. The molecule has 0 bridgehead atoms. The summed E-state index contributed by atoms with van der Waals surface area (Å²) in [4.78, 5) is 14.1. The number of hydrogen-bond donors (Lipinski definition) is 1. The highest BCUT2D eigenvalue weighted by atomic mass is 19.1. The monoisotopic (exact) mass is 266 g/mol. The number of hydrogen-bond acceptors (Lipinski definition) is 2. The Morgan fingerprint density at radius 3 is 2.42 bits per heavy atom. The zero-order valence-electron chi connectivity index (χ0n) is 12.1. The van der Waals surface area contributed by atoms with Crippen LogP contribution in [0.2, 0.25) is 0 Å². The van der Waals surface area contributed by atoms with Crippen LogP contribution in [0.3, 0.4) is 0 Å². The van der Waals surface area contributed by atoms with Gasteiger partial charge in [0.1, 0.15) is 11.9 Å². The first-order chi connectivity index (χ1) is 8.99. The van der Waals surface area contributed by atoms with E-state index in [2.05, 4.69) is 5.32 Å². The van der Waals surface area contributed by atoms with E-state index in [9.17, 15) is 9.18 Å². The van der Waals surface area contributed by atoms with Crippen molar-refractivity contribution in [2.24, 2.45) is 0 Å². The molecular weight excluding hydrogens is 243 g/mol. The summed E-state index contributed by atoms with van der Waals surface area (Å²) in [5.74, 6) is -0.399. The summed E-state index contributed by atoms with van der Waals surface area (Å²) in [6.45, 7) is 4.09. The van der Waals surface area contributed by atoms with Crippen molar-refractivity contribution >= 4 is 5.91 Å². The predicted octanol–water partition coefficient (Wildman–Crippen LogP) is 2.73. The molecule has 0 saturated heterocycles. The lowest BCUT2D eigenvalue weighted by Crippen LogP contribution is -2.42. The van der Waals surface area contributed by atoms with Gasteiger partial charge in [-0.3, -0.25) is 9.69 Å². The van der Waals surface area contributed by atoms with Gasteiger partial charge in [0.05, 0.1) is 0 Å². The molecule has 1 aromatic carbocycles. The molecule has 0 aliphatic rings. The fourth-order valence-electron chi connectivity index (χ4n) is 2.13. The van der Waals surface area contributed by atoms with Gasteiger partial charge in [-0.15, -0.1) is 0 Å². The molecule has 1 aromatic rings. The van der Waals surface area contributed by atoms with Crippen molar-refractivity contribution in [1.29, 1.82) is 0 Å². The van der Waals surface area contributed by atoms with Gasteiger partial charge in [0, 0.05) is 6.04 Å². The Labute approximate surface area is 114 Å². The number of nitrogens with zero attached hydrogens (tertiary/aromatic N) is 1. The number of likely N-dealkylation sites (N-methyl/N-ethyl adjacent to an activating group) is 1. The summed E-state index contributed by atoms with van der Waals surface area (Å²) in [5.41, 5.74) is 0.674. The van der Waals surface area contributed by atoms with E-state index in [0.29, 0.717) is 5.56 Å². The molecule has 1 atom stereocenters. The largest absolute Gasteiger partial charge is 0.352 e. The van der Waals surface area contributed by atoms with Gasteiger partial charge < -0.3 is 5.32 Å². The van der Waals surface area contributed by atoms with Crippen LogP contribution in [0, 0.1) is 5.82 Å². The third kappa shape index (κ3) is 4.31. The molecule has 106 valence electrons. The van der Waals surface area contributed by atoms with Gasteiger partial charge in [-0.05, 0) is 44.6 Å². The average molecular weight is 266 g/mol. The quantitative estimate of drug-likeness (QED) is 0.858. The maximum absolute atomic E-state index is 13.3. The van der Waals surface area contributed by atoms with Crippen LogP contribution in [0.1, 0.15) is 38.3 Å². The Morgan fingerprint density at radius 2 is 1.95 bits per heavy atom. The van der Waals surface area contributed by atoms with E-state index in [4.69, 9.17) is 0 Å². The van der Waals surface area contributed by atoms with Crippen LogP contribution in [-0.4, -0.2) is 30.9 Å². The number of nitrogens with one attached hydrogen (secondary N) is 1. The number of amides is 1. The van der Waals surface area contributed by atoms with E-state index >= 15 is 0 Å². The summed E-state index contributed by atoms with van der Waals surface area (Å²) in [6.07, 6.45) is 1.79. The number of carbonyl (C=O) groups excluding carboxylic acids is 1. The zero-order chi connectivity index (χ0) is 14.4. The van der Waals surface area contributed by atoms with E-state index in [1.165, 1.54) is 12.1 Å². The van der Waals surface area contributed by atoms with Crippen molar-refractivity contribution in [2.45, 2.75) is 38.8 Å². The summed E-state index contributed by atoms with van der Waals surface area (Å²) < 4.78 is 13.3. The van der Waals surface area contributed by atoms with Crippen molar-refractivity contribution < 1.29 is 9.18 Å². The van der Waals surface area contributed by atoms with E-state index < -0.39 is 6.04 Å². The first kappa shape index (κ1) is 15.6. The Kier molecular flexibility index (Phi) is 5.96. The number of rotatable bonds is 6. The standard InChI is InChI=1S/C15H23FN2O/c1-5-13(6-2)17-15(19)14(18(3)4)11-8-7-9-12(16)10-11/h7-10,13-14H,5-6H2,1-4H3,(H,17,19). The van der Waals surface area contributed by atoms with E-state index in [1.54, 1.807) is 17.0 Å². The molecule has 1 rings (SSSR count). The van der Waals surface area contributed by atoms with Crippen LogP contribution < -0.4 is 5.32 Å². The van der Waals surface area contributed by atoms with Gasteiger partial charge in [0.15, 0.2) is 0 Å². The molecule has 0 aliphatic heterocycles. The van der Waals surface area contributed by atoms with Gasteiger partial charge >= 0.3 is 0 Å². The molecular formula is C15H23FN2O. The minimum Gasteiger partial charge on any atom is -0.352 e. The average Bonchev–Trinajstić information content (AvgIpc) is 2.35. The molecule has 0 heterocycles. The normalized spacial score (nSPS) is 12.8. The van der Waals surface area contributed by atoms with Gasteiger partial charge in [0.2, 0.25) is 5.91 Å². The topological polar surface area (TPSA) is 32.3 Å². The van der Waals surface area contributed by atoms with Crippen molar-refractivity contribution in [3.8, 4) is 0 Å². The molecule has 4 heteroatoms. The number of halogens is 1. The second-order valence-electron chi connectivity index (χ2n) is 4.94. The summed E-state index contributed by atoms with van der Waals surface area (Å²) in [6, 6.07) is 5.91. The zero-order valence-corrected chi connectivity index (χ0v) is 12.1. The maximum Gasteiger partial charge on any atom is 0.242 e. The summed E-state index contributed by atoms with van der Waals surface area (Å²) >= 11 is 0. The SMILES string of the molecule is CCC(CC)NC(=O)C(c1cccc(F)c1)N(C)C. The highest BCUT2D eigenvalue weighted by Gasteiger charge is 2.24. The van der Waals surface area contributed by atoms with E-state index in [1.807, 2.05) is 27.9 Å². The van der Waals surface area contributed by atoms with Crippen LogP contribution >= 0.6 is 0 Å². The molecule has 0 aromatic heterocycles. The predicted molar refractivity (Wildman–Crippen MR) is 75.3 cm³/mol. The van der Waals surface area contributed by atoms with Gasteiger partial charge in [-0.2, -0.15) is 0 Å². The molecule has 0 saturated carbocycles. The molecule has 19 heavy (non-hydrogen) atoms. The molecule has 0 spiro atoms. The lowest BCUT2D eigenvalue weighted by Gasteiger charge is -2.26. The lowest BCUT2D eigenvalue weighted by atomic mass is 10.0. The Hall–Kier alpha value is -1.42. The lowest BCUT2D eigenvalue weighted by molar-refractivity contribution is -0.126. The smallest absolute Gasteiger partial charge is 0.242 e. The minimum atomic E-state index is -0.462. The van der Waals surface area contributed by atoms with Crippen LogP contribution in [-0.2, 0) is 4.79 Å². The first-order valence-corrected chi connectivity index (χ1v) is 6.71. The van der Waals surface area contributed by atoms with Crippen LogP contribution in [0.15, 0.2) is 24.3 Å². The van der Waals surface area contributed by atoms with Crippen molar-refractivity contribution in [3.05, 3.63) is 35.6 Å². The minimum absolute atomic E-state index is 0.0794. The highest BCUT2D eigenvalue weighted by Crippen LogP contribution is 2.19. The molecule has 1 N–H and O–H groups in total. The molecule has 1 amide bonds. The Bertz CT molecular complexity index is 416. The number of carbonyl (C=O) groups is 1. The van der Waals surface area contributed by atoms with E-state index in [0.717, 1.165) is 12.8 Å². The maximum atomic E-state index is 13.3. The fraction of sp³-hybridized carbons (Fsp3) is 0.533. The molecule has 0 radical (unpaired) electrons. The highest BCUT2D eigenvalue weighted by molar-refractivity contribution is 5.83. The summed E-state index contributed by atoms with van der Waals surface area (Å²) in [5, 5.41) is 3.01. The van der Waals surface area contributed by atoms with Crippen molar-refractivity contribution in [1.82, 2.24) is 10.2 Å². The van der Waals surface area contributed by atoms with Crippen LogP contribution in [0.25, 0.3) is 0 Å². The van der Waals surface area contributed by atoms with Crippen LogP contribution in [0.5, 0.6) is 0 Å². The summed E-state index contributed by atoms with van der Waals surface area (Å²) in [7, 11) is 3.64. The molecule has 3 nitrogen and oxygen atoms in total. The second kappa shape index (κ2) is 7.24. The number of benzene rings is 1. The fourth-order valence-corrected chi connectivity index (χ4v) is 2.13. The van der Waals surface area contributed by atoms with Crippen molar-refractivity contribution in [3.63, 3.8) is 0 Å². The molecule has 1 unspecified atom stereocenters. The third-order valence-electron chi connectivity index (χ3n) is 3.26. The second-order valence-corrected chi connectivity index (χ2v) is 4.94.